The first kappa shape index (κ1) is 14.1. The Hall–Kier alpha value is -1.27. The van der Waals surface area contributed by atoms with Crippen molar-refractivity contribution in [3.05, 3.63) is 0 Å². The minimum Gasteiger partial charge on any atom is -0.343 e. The van der Waals surface area contributed by atoms with E-state index < -0.39 is 36.6 Å². The summed E-state index contributed by atoms with van der Waals surface area (Å²) in [5.74, 6) is -0.806. The third kappa shape index (κ3) is 2.55. The molecule has 7 heteroatoms. The highest BCUT2D eigenvalue weighted by atomic mass is 19.4. The van der Waals surface area contributed by atoms with Crippen molar-refractivity contribution in [1.29, 1.82) is 0 Å². The zero-order valence-corrected chi connectivity index (χ0v) is 10.9. The molecule has 0 aromatic heterocycles. The van der Waals surface area contributed by atoms with Crippen molar-refractivity contribution < 1.29 is 22.8 Å². The maximum Gasteiger partial charge on any atom is 0.390 e. The van der Waals surface area contributed by atoms with Gasteiger partial charge >= 0.3 is 6.18 Å². The highest BCUT2D eigenvalue weighted by molar-refractivity contribution is 5.99. The number of halogens is 3. The Balaban J connectivity index is 2.22. The van der Waals surface area contributed by atoms with Crippen molar-refractivity contribution in [2.45, 2.75) is 50.9 Å². The van der Waals surface area contributed by atoms with Crippen molar-refractivity contribution in [2.75, 3.05) is 6.54 Å². The SMILES string of the molecule is CC1NC(=O)C(C)(C2CC2)N(CCC(F)(F)F)C1=O. The quantitative estimate of drug-likeness (QED) is 0.849. The third-order valence-corrected chi connectivity index (χ3v) is 4.00. The van der Waals surface area contributed by atoms with Crippen LogP contribution in [0.5, 0.6) is 0 Å². The predicted molar refractivity (Wildman–Crippen MR) is 61.1 cm³/mol. The van der Waals surface area contributed by atoms with Gasteiger partial charge in [0.05, 0.1) is 6.42 Å². The van der Waals surface area contributed by atoms with Crippen LogP contribution in [0.25, 0.3) is 0 Å². The van der Waals surface area contributed by atoms with Crippen LogP contribution in [0, 0.1) is 5.92 Å². The molecule has 1 heterocycles. The van der Waals surface area contributed by atoms with Crippen LogP contribution in [0.3, 0.4) is 0 Å². The molecule has 2 rings (SSSR count). The van der Waals surface area contributed by atoms with E-state index in [4.69, 9.17) is 0 Å². The molecule has 2 amide bonds. The molecular weight excluding hydrogens is 261 g/mol. The van der Waals surface area contributed by atoms with E-state index in [0.29, 0.717) is 0 Å². The Labute approximate surface area is 109 Å². The van der Waals surface area contributed by atoms with Gasteiger partial charge in [-0.15, -0.1) is 0 Å². The van der Waals surface area contributed by atoms with Crippen LogP contribution in [0.1, 0.15) is 33.1 Å². The van der Waals surface area contributed by atoms with E-state index in [-0.39, 0.29) is 11.8 Å². The summed E-state index contributed by atoms with van der Waals surface area (Å²) in [5.41, 5.74) is -1.13. The fraction of sp³-hybridized carbons (Fsp3) is 0.833. The normalized spacial score (nSPS) is 32.5. The fourth-order valence-corrected chi connectivity index (χ4v) is 2.62. The number of rotatable bonds is 3. The van der Waals surface area contributed by atoms with Crippen molar-refractivity contribution in [3.8, 4) is 0 Å². The monoisotopic (exact) mass is 278 g/mol. The molecule has 0 spiro atoms. The maximum atomic E-state index is 12.4. The smallest absolute Gasteiger partial charge is 0.343 e. The standard InChI is InChI=1S/C12H17F3N2O2/c1-7-9(18)17(6-5-12(13,14)15)11(2,8-3-4-8)10(19)16-7/h7-8H,3-6H2,1-2H3,(H,16,19). The molecule has 0 aromatic rings. The predicted octanol–water partition coefficient (Wildman–Crippen LogP) is 1.45. The molecule has 1 saturated carbocycles. The van der Waals surface area contributed by atoms with Gasteiger partial charge in [-0.25, -0.2) is 0 Å². The lowest BCUT2D eigenvalue weighted by Crippen LogP contribution is -2.70. The zero-order chi connectivity index (χ0) is 14.4. The largest absolute Gasteiger partial charge is 0.390 e. The highest BCUT2D eigenvalue weighted by Gasteiger charge is 2.56. The number of nitrogens with zero attached hydrogens (tertiary/aromatic N) is 1. The van der Waals surface area contributed by atoms with E-state index >= 15 is 0 Å². The number of hydrogen-bond donors (Lipinski definition) is 1. The van der Waals surface area contributed by atoms with E-state index in [1.165, 1.54) is 6.92 Å². The summed E-state index contributed by atoms with van der Waals surface area (Å²) in [5, 5.41) is 2.56. The molecule has 4 nitrogen and oxygen atoms in total. The van der Waals surface area contributed by atoms with Crippen LogP contribution >= 0.6 is 0 Å². The van der Waals surface area contributed by atoms with Crippen molar-refractivity contribution in [1.82, 2.24) is 10.2 Å². The highest BCUT2D eigenvalue weighted by Crippen LogP contribution is 2.45. The lowest BCUT2D eigenvalue weighted by molar-refractivity contribution is -0.165. The van der Waals surface area contributed by atoms with Crippen molar-refractivity contribution in [3.63, 3.8) is 0 Å². The molecule has 2 fully saturated rings. The Kier molecular flexibility index (Phi) is 3.26. The van der Waals surface area contributed by atoms with E-state index in [9.17, 15) is 22.8 Å². The number of carbonyl (C=O) groups is 2. The van der Waals surface area contributed by atoms with Crippen LogP contribution in [0.4, 0.5) is 13.2 Å². The molecule has 0 aromatic carbocycles. The molecule has 1 aliphatic heterocycles. The summed E-state index contributed by atoms with van der Waals surface area (Å²) in [6.07, 6.45) is -3.87. The van der Waals surface area contributed by atoms with Gasteiger partial charge in [-0.3, -0.25) is 9.59 Å². The summed E-state index contributed by atoms with van der Waals surface area (Å²) >= 11 is 0. The van der Waals surface area contributed by atoms with Gasteiger partial charge in [-0.2, -0.15) is 13.2 Å². The van der Waals surface area contributed by atoms with E-state index in [0.717, 1.165) is 17.7 Å². The Morgan fingerprint density at radius 3 is 2.42 bits per heavy atom. The van der Waals surface area contributed by atoms with Gasteiger partial charge in [0.2, 0.25) is 11.8 Å². The van der Waals surface area contributed by atoms with E-state index in [1.807, 2.05) is 0 Å². The van der Waals surface area contributed by atoms with Crippen LogP contribution in [0.15, 0.2) is 0 Å². The molecule has 1 aliphatic carbocycles. The average molecular weight is 278 g/mol. The summed E-state index contributed by atoms with van der Waals surface area (Å²) in [4.78, 5) is 25.3. The van der Waals surface area contributed by atoms with Gasteiger partial charge < -0.3 is 10.2 Å². The number of amides is 2. The topological polar surface area (TPSA) is 49.4 Å². The van der Waals surface area contributed by atoms with E-state index in [2.05, 4.69) is 5.32 Å². The van der Waals surface area contributed by atoms with E-state index in [1.54, 1.807) is 6.92 Å². The summed E-state index contributed by atoms with van der Waals surface area (Å²) in [7, 11) is 0. The molecule has 1 saturated heterocycles. The van der Waals surface area contributed by atoms with Gasteiger partial charge in [-0.1, -0.05) is 0 Å². The molecule has 108 valence electrons. The molecule has 0 radical (unpaired) electrons. The zero-order valence-electron chi connectivity index (χ0n) is 10.9. The lowest BCUT2D eigenvalue weighted by Gasteiger charge is -2.46. The lowest BCUT2D eigenvalue weighted by atomic mass is 9.88. The average Bonchev–Trinajstić information content (AvgIpc) is 3.08. The molecule has 1 N–H and O–H groups in total. The molecule has 2 unspecified atom stereocenters. The molecule has 19 heavy (non-hydrogen) atoms. The summed E-state index contributed by atoms with van der Waals surface area (Å²) in [6, 6.07) is -0.757. The minimum absolute atomic E-state index is 0.0304. The number of hydrogen-bond acceptors (Lipinski definition) is 2. The van der Waals surface area contributed by atoms with Gasteiger partial charge in [0.1, 0.15) is 11.6 Å². The second-order valence-corrected chi connectivity index (χ2v) is 5.47. The Morgan fingerprint density at radius 1 is 1.37 bits per heavy atom. The van der Waals surface area contributed by atoms with Crippen molar-refractivity contribution >= 4 is 11.8 Å². The maximum absolute atomic E-state index is 12.4. The Morgan fingerprint density at radius 2 is 1.95 bits per heavy atom. The number of nitrogens with one attached hydrogen (secondary N) is 1. The second kappa shape index (κ2) is 4.38. The van der Waals surface area contributed by atoms with Crippen LogP contribution in [0.2, 0.25) is 0 Å². The number of alkyl halides is 3. The first-order valence-electron chi connectivity index (χ1n) is 6.35. The minimum atomic E-state index is -4.33. The van der Waals surface area contributed by atoms with Crippen LogP contribution in [-0.2, 0) is 9.59 Å². The van der Waals surface area contributed by atoms with Crippen LogP contribution in [-0.4, -0.2) is 41.0 Å². The van der Waals surface area contributed by atoms with Gasteiger partial charge in [0.25, 0.3) is 0 Å². The number of piperazine rings is 1. The third-order valence-electron chi connectivity index (χ3n) is 4.00. The number of carbonyl (C=O) groups excluding carboxylic acids is 2. The van der Waals surface area contributed by atoms with Gasteiger partial charge in [-0.05, 0) is 32.6 Å². The molecule has 2 atom stereocenters. The molecular formula is C12H17F3N2O2. The second-order valence-electron chi connectivity index (χ2n) is 5.47. The first-order chi connectivity index (χ1) is 8.66. The summed E-state index contributed by atoms with van der Waals surface area (Å²) < 4.78 is 37.1. The Bertz CT molecular complexity index is 406. The first-order valence-corrected chi connectivity index (χ1v) is 6.35. The molecule has 2 aliphatic rings. The van der Waals surface area contributed by atoms with Crippen molar-refractivity contribution in [2.24, 2.45) is 5.92 Å². The fourth-order valence-electron chi connectivity index (χ4n) is 2.62. The van der Waals surface area contributed by atoms with Gasteiger partial charge in [0, 0.05) is 6.54 Å². The van der Waals surface area contributed by atoms with Gasteiger partial charge in [0.15, 0.2) is 0 Å². The molecule has 0 bridgehead atoms. The van der Waals surface area contributed by atoms with Crippen LogP contribution < -0.4 is 5.32 Å². The summed E-state index contributed by atoms with van der Waals surface area (Å²) in [6.45, 7) is 2.61.